The maximum absolute atomic E-state index is 13.6. The van der Waals surface area contributed by atoms with E-state index in [9.17, 15) is 4.39 Å². The van der Waals surface area contributed by atoms with Gasteiger partial charge in [-0.3, -0.25) is 4.98 Å². The van der Waals surface area contributed by atoms with Gasteiger partial charge in [-0.05, 0) is 36.8 Å². The molecule has 0 fully saturated rings. The molecule has 1 aromatic carbocycles. The number of rotatable bonds is 4. The van der Waals surface area contributed by atoms with E-state index in [1.807, 2.05) is 46.5 Å². The standard InChI is InChI=1S/C22H18FN5O/c1-14-26-22-19(28(14)13-15-4-3-5-16(23)10-15)11-17(12-25-22)27-9-7-18-21(27)20(29-2)6-8-24-18/h3-12H,13H2,1-2H3. The van der Waals surface area contributed by atoms with Crippen LogP contribution < -0.4 is 4.74 Å². The third-order valence-electron chi connectivity index (χ3n) is 5.05. The van der Waals surface area contributed by atoms with E-state index in [0.717, 1.165) is 39.4 Å². The number of pyridine rings is 2. The Balaban J connectivity index is 1.66. The molecule has 0 unspecified atom stereocenters. The van der Waals surface area contributed by atoms with E-state index in [2.05, 4.69) is 15.0 Å². The van der Waals surface area contributed by atoms with Crippen LogP contribution in [0.5, 0.6) is 5.75 Å². The summed E-state index contributed by atoms with van der Waals surface area (Å²) in [5.41, 5.74) is 5.01. The minimum absolute atomic E-state index is 0.248. The molecule has 7 heteroatoms. The highest BCUT2D eigenvalue weighted by Gasteiger charge is 2.14. The van der Waals surface area contributed by atoms with Gasteiger partial charge in [0, 0.05) is 25.0 Å². The van der Waals surface area contributed by atoms with Crippen LogP contribution in [0.3, 0.4) is 0 Å². The molecule has 29 heavy (non-hydrogen) atoms. The van der Waals surface area contributed by atoms with Crippen LogP contribution in [0.15, 0.2) is 61.1 Å². The Morgan fingerprint density at radius 2 is 2.00 bits per heavy atom. The molecule has 144 valence electrons. The van der Waals surface area contributed by atoms with Gasteiger partial charge in [-0.2, -0.15) is 0 Å². The topological polar surface area (TPSA) is 57.8 Å². The lowest BCUT2D eigenvalue weighted by atomic mass is 10.2. The molecule has 0 aliphatic heterocycles. The number of aryl methyl sites for hydroxylation is 1. The monoisotopic (exact) mass is 387 g/mol. The molecule has 5 rings (SSSR count). The predicted octanol–water partition coefficient (Wildman–Crippen LogP) is 4.27. The Kier molecular flexibility index (Phi) is 4.01. The fraction of sp³-hybridized carbons (Fsp3) is 0.136. The van der Waals surface area contributed by atoms with Gasteiger partial charge in [-0.1, -0.05) is 12.1 Å². The number of benzene rings is 1. The van der Waals surface area contributed by atoms with Crippen LogP contribution >= 0.6 is 0 Å². The number of imidazole rings is 1. The van der Waals surface area contributed by atoms with Crippen LogP contribution in [-0.4, -0.2) is 31.2 Å². The summed E-state index contributed by atoms with van der Waals surface area (Å²) in [6.07, 6.45) is 5.46. The molecule has 5 aromatic rings. The highest BCUT2D eigenvalue weighted by Crippen LogP contribution is 2.28. The Morgan fingerprint density at radius 1 is 1.10 bits per heavy atom. The van der Waals surface area contributed by atoms with Gasteiger partial charge in [-0.25, -0.2) is 14.4 Å². The van der Waals surface area contributed by atoms with E-state index in [-0.39, 0.29) is 5.82 Å². The van der Waals surface area contributed by atoms with Crippen molar-refractivity contribution in [3.63, 3.8) is 0 Å². The zero-order valence-corrected chi connectivity index (χ0v) is 16.0. The summed E-state index contributed by atoms with van der Waals surface area (Å²) >= 11 is 0. The van der Waals surface area contributed by atoms with Crippen molar-refractivity contribution in [3.05, 3.63) is 78.3 Å². The molecule has 0 saturated carbocycles. The number of hydrogen-bond donors (Lipinski definition) is 0. The van der Waals surface area contributed by atoms with E-state index in [1.165, 1.54) is 6.07 Å². The number of ether oxygens (including phenoxy) is 1. The summed E-state index contributed by atoms with van der Waals surface area (Å²) in [5.74, 6) is 1.32. The third kappa shape index (κ3) is 2.91. The van der Waals surface area contributed by atoms with Crippen molar-refractivity contribution in [2.24, 2.45) is 0 Å². The number of nitrogens with zero attached hydrogens (tertiary/aromatic N) is 5. The zero-order chi connectivity index (χ0) is 20.0. The van der Waals surface area contributed by atoms with Crippen LogP contribution in [-0.2, 0) is 6.54 Å². The van der Waals surface area contributed by atoms with Gasteiger partial charge in [0.1, 0.15) is 22.9 Å². The van der Waals surface area contributed by atoms with Gasteiger partial charge < -0.3 is 13.9 Å². The van der Waals surface area contributed by atoms with Gasteiger partial charge in [0.25, 0.3) is 0 Å². The van der Waals surface area contributed by atoms with Gasteiger partial charge in [0.2, 0.25) is 0 Å². The van der Waals surface area contributed by atoms with Crippen molar-refractivity contribution >= 4 is 22.2 Å². The summed E-state index contributed by atoms with van der Waals surface area (Å²) in [6.45, 7) is 2.45. The molecular weight excluding hydrogens is 369 g/mol. The van der Waals surface area contributed by atoms with Crippen LogP contribution in [0.25, 0.3) is 27.9 Å². The number of methoxy groups -OCH3 is 1. The Hall–Kier alpha value is -3.74. The van der Waals surface area contributed by atoms with Crippen molar-refractivity contribution in [1.29, 1.82) is 0 Å². The first-order valence-corrected chi connectivity index (χ1v) is 9.22. The highest BCUT2D eigenvalue weighted by atomic mass is 19.1. The molecule has 6 nitrogen and oxygen atoms in total. The summed E-state index contributed by atoms with van der Waals surface area (Å²) in [6, 6.07) is 12.4. The molecule has 0 aliphatic rings. The van der Waals surface area contributed by atoms with E-state index >= 15 is 0 Å². The van der Waals surface area contributed by atoms with Crippen molar-refractivity contribution in [1.82, 2.24) is 24.1 Å². The molecule has 0 N–H and O–H groups in total. The van der Waals surface area contributed by atoms with Crippen LogP contribution in [0.2, 0.25) is 0 Å². The summed E-state index contributed by atoms with van der Waals surface area (Å²) in [7, 11) is 1.64. The van der Waals surface area contributed by atoms with E-state index in [1.54, 1.807) is 31.6 Å². The minimum Gasteiger partial charge on any atom is -0.494 e. The quantitative estimate of drug-likeness (QED) is 0.462. The van der Waals surface area contributed by atoms with E-state index in [4.69, 9.17) is 4.74 Å². The summed E-state index contributed by atoms with van der Waals surface area (Å²) < 4.78 is 23.2. The molecule has 0 saturated heterocycles. The summed E-state index contributed by atoms with van der Waals surface area (Å²) in [5, 5.41) is 0. The molecule has 0 amide bonds. The molecule has 4 heterocycles. The van der Waals surface area contributed by atoms with Crippen molar-refractivity contribution in [3.8, 4) is 11.4 Å². The van der Waals surface area contributed by atoms with Gasteiger partial charge >= 0.3 is 0 Å². The lowest BCUT2D eigenvalue weighted by Gasteiger charge is -2.10. The average Bonchev–Trinajstić information content (AvgIpc) is 3.29. The Bertz CT molecular complexity index is 1350. The molecule has 0 aliphatic carbocycles. The van der Waals surface area contributed by atoms with Gasteiger partial charge in [0.15, 0.2) is 5.65 Å². The normalized spacial score (nSPS) is 11.4. The highest BCUT2D eigenvalue weighted by molar-refractivity contribution is 5.85. The first kappa shape index (κ1) is 17.4. The van der Waals surface area contributed by atoms with Gasteiger partial charge in [0.05, 0.1) is 30.0 Å². The molecule has 0 bridgehead atoms. The molecule has 0 spiro atoms. The molecular formula is C22H18FN5O. The first-order chi connectivity index (χ1) is 14.1. The van der Waals surface area contributed by atoms with E-state index in [0.29, 0.717) is 12.2 Å². The molecule has 0 atom stereocenters. The molecule has 0 radical (unpaired) electrons. The smallest absolute Gasteiger partial charge is 0.178 e. The van der Waals surface area contributed by atoms with Crippen molar-refractivity contribution in [2.75, 3.05) is 7.11 Å². The number of aromatic nitrogens is 5. The fourth-order valence-electron chi connectivity index (χ4n) is 3.67. The third-order valence-corrected chi connectivity index (χ3v) is 5.05. The largest absolute Gasteiger partial charge is 0.494 e. The number of hydrogen-bond acceptors (Lipinski definition) is 4. The molecule has 4 aromatic heterocycles. The second-order valence-corrected chi connectivity index (χ2v) is 6.84. The second kappa shape index (κ2) is 6.70. The fourth-order valence-corrected chi connectivity index (χ4v) is 3.67. The Morgan fingerprint density at radius 3 is 2.83 bits per heavy atom. The maximum atomic E-state index is 13.6. The first-order valence-electron chi connectivity index (χ1n) is 9.22. The lowest BCUT2D eigenvalue weighted by Crippen LogP contribution is -2.03. The average molecular weight is 387 g/mol. The Labute approximate surface area is 166 Å². The number of fused-ring (bicyclic) bond motifs is 2. The minimum atomic E-state index is -0.248. The SMILES string of the molecule is COc1ccnc2ccn(-c3cnc4nc(C)n(Cc5cccc(F)c5)c4c3)c12. The van der Waals surface area contributed by atoms with Gasteiger partial charge in [-0.15, -0.1) is 0 Å². The summed E-state index contributed by atoms with van der Waals surface area (Å²) in [4.78, 5) is 13.5. The predicted molar refractivity (Wildman–Crippen MR) is 109 cm³/mol. The van der Waals surface area contributed by atoms with E-state index < -0.39 is 0 Å². The van der Waals surface area contributed by atoms with Crippen molar-refractivity contribution in [2.45, 2.75) is 13.5 Å². The number of halogens is 1. The zero-order valence-electron chi connectivity index (χ0n) is 16.0. The van der Waals surface area contributed by atoms with Crippen LogP contribution in [0, 0.1) is 12.7 Å². The maximum Gasteiger partial charge on any atom is 0.178 e. The van der Waals surface area contributed by atoms with Crippen LogP contribution in [0.1, 0.15) is 11.4 Å². The van der Waals surface area contributed by atoms with Crippen LogP contribution in [0.4, 0.5) is 4.39 Å². The second-order valence-electron chi connectivity index (χ2n) is 6.84. The van der Waals surface area contributed by atoms with Crippen molar-refractivity contribution < 1.29 is 9.13 Å². The lowest BCUT2D eigenvalue weighted by molar-refractivity contribution is 0.418.